The maximum Gasteiger partial charge on any atom is 0.169 e. The number of likely N-dealkylation sites (tertiary alicyclic amines) is 1. The van der Waals surface area contributed by atoms with Crippen molar-refractivity contribution >= 4 is 0 Å². The molecule has 1 aromatic carbocycles. The first-order chi connectivity index (χ1) is 11.5. The number of piperidine rings is 1. The molecule has 3 aliphatic rings. The van der Waals surface area contributed by atoms with Crippen molar-refractivity contribution in [2.75, 3.05) is 27.8 Å². The van der Waals surface area contributed by atoms with E-state index in [4.69, 9.17) is 14.2 Å². The smallest absolute Gasteiger partial charge is 0.169 e. The molecule has 1 saturated heterocycles. The van der Waals surface area contributed by atoms with Crippen molar-refractivity contribution in [3.05, 3.63) is 46.7 Å². The van der Waals surface area contributed by atoms with Gasteiger partial charge in [0, 0.05) is 11.6 Å². The highest BCUT2D eigenvalue weighted by atomic mass is 16.6. The number of benzene rings is 1. The van der Waals surface area contributed by atoms with Crippen molar-refractivity contribution < 1.29 is 14.2 Å². The van der Waals surface area contributed by atoms with E-state index in [1.165, 1.54) is 16.7 Å². The summed E-state index contributed by atoms with van der Waals surface area (Å²) in [4.78, 5) is 2.41. The van der Waals surface area contributed by atoms with Gasteiger partial charge in [0.1, 0.15) is 5.76 Å². The van der Waals surface area contributed by atoms with Gasteiger partial charge < -0.3 is 14.2 Å². The molecular weight excluding hydrogens is 302 g/mol. The van der Waals surface area contributed by atoms with Gasteiger partial charge in [0.05, 0.1) is 19.6 Å². The summed E-state index contributed by atoms with van der Waals surface area (Å²) in [5.41, 5.74) is 3.80. The molecule has 24 heavy (non-hydrogen) atoms. The van der Waals surface area contributed by atoms with Gasteiger partial charge in [-0.3, -0.25) is 4.90 Å². The first kappa shape index (κ1) is 15.6. The average Bonchev–Trinajstić information content (AvgIpc) is 2.94. The van der Waals surface area contributed by atoms with Crippen LogP contribution < -0.4 is 9.47 Å². The molecule has 1 fully saturated rings. The monoisotopic (exact) mass is 327 g/mol. The van der Waals surface area contributed by atoms with Gasteiger partial charge in [-0.15, -0.1) is 0 Å². The van der Waals surface area contributed by atoms with Gasteiger partial charge in [0.2, 0.25) is 0 Å². The Kier molecular flexibility index (Phi) is 3.43. The zero-order valence-corrected chi connectivity index (χ0v) is 15.1. The summed E-state index contributed by atoms with van der Waals surface area (Å²) in [6, 6.07) is 4.51. The highest BCUT2D eigenvalue weighted by molar-refractivity contribution is 5.64. The maximum absolute atomic E-state index is 6.48. The van der Waals surface area contributed by atoms with Gasteiger partial charge in [-0.25, -0.2) is 0 Å². The van der Waals surface area contributed by atoms with Crippen LogP contribution in [0.3, 0.4) is 0 Å². The fourth-order valence-electron chi connectivity index (χ4n) is 4.72. The minimum atomic E-state index is -0.153. The molecule has 4 nitrogen and oxygen atoms in total. The van der Waals surface area contributed by atoms with E-state index in [1.54, 1.807) is 14.2 Å². The Morgan fingerprint density at radius 1 is 1.21 bits per heavy atom. The van der Waals surface area contributed by atoms with E-state index in [1.807, 2.05) is 6.07 Å². The quantitative estimate of drug-likeness (QED) is 0.835. The van der Waals surface area contributed by atoms with Crippen LogP contribution >= 0.6 is 0 Å². The Bertz CT molecular complexity index is 751. The van der Waals surface area contributed by atoms with Crippen molar-refractivity contribution in [1.29, 1.82) is 0 Å². The lowest BCUT2D eigenvalue weighted by Crippen LogP contribution is -2.54. The van der Waals surface area contributed by atoms with E-state index in [0.29, 0.717) is 6.04 Å². The van der Waals surface area contributed by atoms with Gasteiger partial charge in [-0.05, 0) is 57.1 Å². The maximum atomic E-state index is 6.48. The molecule has 2 heterocycles. The molecule has 0 N–H and O–H groups in total. The second-order valence-corrected chi connectivity index (χ2v) is 7.06. The SMILES string of the molecule is COC1=CC=C2[C@H](C)N(C)CC[C@@]23c2c(C)ccc(OC)c2O[C@H]13. The number of ether oxygens (including phenoxy) is 3. The molecule has 3 atom stereocenters. The van der Waals surface area contributed by atoms with Crippen LogP contribution in [0.25, 0.3) is 0 Å². The summed E-state index contributed by atoms with van der Waals surface area (Å²) < 4.78 is 17.8. The lowest BCUT2D eigenvalue weighted by Gasteiger charge is -2.48. The summed E-state index contributed by atoms with van der Waals surface area (Å²) in [6.07, 6.45) is 5.23. The second-order valence-electron chi connectivity index (χ2n) is 7.06. The number of likely N-dealkylation sites (N-methyl/N-ethyl adjacent to an activating group) is 1. The third kappa shape index (κ3) is 1.78. The van der Waals surface area contributed by atoms with Crippen LogP contribution in [0.4, 0.5) is 0 Å². The number of hydrogen-bond donors (Lipinski definition) is 0. The van der Waals surface area contributed by atoms with E-state index in [-0.39, 0.29) is 11.5 Å². The summed E-state index contributed by atoms with van der Waals surface area (Å²) >= 11 is 0. The summed E-state index contributed by atoms with van der Waals surface area (Å²) in [7, 11) is 5.63. The van der Waals surface area contributed by atoms with Crippen LogP contribution in [0.15, 0.2) is 35.6 Å². The zero-order valence-electron chi connectivity index (χ0n) is 15.1. The van der Waals surface area contributed by atoms with Crippen molar-refractivity contribution in [1.82, 2.24) is 4.90 Å². The number of nitrogens with zero attached hydrogens (tertiary/aromatic N) is 1. The molecule has 1 aliphatic carbocycles. The van der Waals surface area contributed by atoms with Gasteiger partial charge in [0.15, 0.2) is 17.6 Å². The molecule has 1 aromatic rings. The predicted octanol–water partition coefficient (Wildman–Crippen LogP) is 3.20. The van der Waals surface area contributed by atoms with Crippen molar-refractivity contribution in [3.63, 3.8) is 0 Å². The Labute approximate surface area is 143 Å². The number of hydrogen-bond acceptors (Lipinski definition) is 4. The van der Waals surface area contributed by atoms with Crippen LogP contribution in [0, 0.1) is 6.92 Å². The van der Waals surface area contributed by atoms with Gasteiger partial charge in [0.25, 0.3) is 0 Å². The molecule has 4 rings (SSSR count). The average molecular weight is 327 g/mol. The van der Waals surface area contributed by atoms with E-state index in [0.717, 1.165) is 30.2 Å². The van der Waals surface area contributed by atoms with Gasteiger partial charge in [-0.1, -0.05) is 12.1 Å². The number of methoxy groups -OCH3 is 2. The van der Waals surface area contributed by atoms with Crippen LogP contribution in [-0.2, 0) is 10.2 Å². The Morgan fingerprint density at radius 3 is 2.71 bits per heavy atom. The lowest BCUT2D eigenvalue weighted by atomic mass is 9.61. The molecule has 1 spiro atoms. The topological polar surface area (TPSA) is 30.9 Å². The molecule has 0 radical (unpaired) electrons. The fourth-order valence-corrected chi connectivity index (χ4v) is 4.72. The number of fused-ring (bicyclic) bond motifs is 1. The predicted molar refractivity (Wildman–Crippen MR) is 93.7 cm³/mol. The van der Waals surface area contributed by atoms with Gasteiger partial charge >= 0.3 is 0 Å². The molecule has 0 bridgehead atoms. The highest BCUT2D eigenvalue weighted by Gasteiger charge is 2.58. The first-order valence-electron chi connectivity index (χ1n) is 8.55. The van der Waals surface area contributed by atoms with E-state index >= 15 is 0 Å². The van der Waals surface area contributed by atoms with Crippen LogP contribution in [0.1, 0.15) is 24.5 Å². The number of rotatable bonds is 2. The van der Waals surface area contributed by atoms with Gasteiger partial charge in [-0.2, -0.15) is 0 Å². The third-order valence-corrected chi connectivity index (χ3v) is 6.09. The minimum absolute atomic E-state index is 0.108. The molecule has 0 saturated carbocycles. The lowest BCUT2D eigenvalue weighted by molar-refractivity contribution is 0.0807. The minimum Gasteiger partial charge on any atom is -0.497 e. The molecule has 2 aliphatic heterocycles. The molecule has 128 valence electrons. The molecule has 0 amide bonds. The summed E-state index contributed by atoms with van der Waals surface area (Å²) in [5, 5.41) is 0. The van der Waals surface area contributed by atoms with Crippen molar-refractivity contribution in [3.8, 4) is 11.5 Å². The van der Waals surface area contributed by atoms with Crippen LogP contribution in [0.5, 0.6) is 11.5 Å². The van der Waals surface area contributed by atoms with Crippen LogP contribution in [-0.4, -0.2) is 44.9 Å². The molecule has 0 aromatic heterocycles. The molecule has 4 heteroatoms. The Hall–Kier alpha value is -1.94. The molecular formula is C20H25NO3. The third-order valence-electron chi connectivity index (χ3n) is 6.09. The zero-order chi connectivity index (χ0) is 17.1. The van der Waals surface area contributed by atoms with E-state index in [9.17, 15) is 0 Å². The number of aryl methyl sites for hydroxylation is 1. The summed E-state index contributed by atoms with van der Waals surface area (Å²) in [6.45, 7) is 5.48. The highest BCUT2D eigenvalue weighted by Crippen LogP contribution is 2.59. The molecule has 0 unspecified atom stereocenters. The fraction of sp³-hybridized carbons (Fsp3) is 0.500. The summed E-state index contributed by atoms with van der Waals surface area (Å²) in [5.74, 6) is 2.59. The van der Waals surface area contributed by atoms with Crippen LogP contribution in [0.2, 0.25) is 0 Å². The first-order valence-corrected chi connectivity index (χ1v) is 8.55. The Morgan fingerprint density at radius 2 is 2.00 bits per heavy atom. The van der Waals surface area contributed by atoms with E-state index < -0.39 is 0 Å². The normalized spacial score (nSPS) is 31.2. The largest absolute Gasteiger partial charge is 0.497 e. The van der Waals surface area contributed by atoms with Crippen molar-refractivity contribution in [2.45, 2.75) is 37.8 Å². The Balaban J connectivity index is 2.00. The number of allylic oxidation sites excluding steroid dienone is 2. The van der Waals surface area contributed by atoms with E-state index in [2.05, 4.69) is 44.0 Å². The van der Waals surface area contributed by atoms with Crippen molar-refractivity contribution in [2.24, 2.45) is 0 Å². The standard InChI is InChI=1S/C20H25NO3/c1-12-6-8-15(22-4)18-17(12)20-10-11-21(3)13(2)14(20)7-9-16(23-5)19(20)24-18/h6-9,13,19H,10-11H2,1-5H3/t13-,19+,20-/m0/s1. The second kappa shape index (κ2) is 5.28.